The third-order valence-electron chi connectivity index (χ3n) is 5.81. The van der Waals surface area contributed by atoms with Gasteiger partial charge in [0.1, 0.15) is 5.82 Å². The Balaban J connectivity index is 1.44. The topological polar surface area (TPSA) is 66.1 Å². The number of carbonyl (C=O) groups is 1. The van der Waals surface area contributed by atoms with Crippen molar-refractivity contribution in [1.29, 1.82) is 0 Å². The van der Waals surface area contributed by atoms with Crippen LogP contribution in [0.25, 0.3) is 10.9 Å². The van der Waals surface area contributed by atoms with Gasteiger partial charge in [0.25, 0.3) is 5.56 Å². The molecular weight excluding hydrogens is 362 g/mol. The first-order valence-corrected chi connectivity index (χ1v) is 10.5. The maximum atomic E-state index is 13.1. The highest BCUT2D eigenvalue weighted by atomic mass is 16.2. The summed E-state index contributed by atoms with van der Waals surface area (Å²) in [6.45, 7) is 0.745. The quantitative estimate of drug-likeness (QED) is 0.667. The van der Waals surface area contributed by atoms with E-state index in [1.807, 2.05) is 36.4 Å². The number of aromatic amines is 1. The van der Waals surface area contributed by atoms with Crippen molar-refractivity contribution in [2.45, 2.75) is 51.0 Å². The minimum absolute atomic E-state index is 0.144. The predicted octanol–water partition coefficient (Wildman–Crippen LogP) is 3.87. The molecule has 5 nitrogen and oxygen atoms in total. The Morgan fingerprint density at radius 1 is 1.00 bits per heavy atom. The molecule has 1 fully saturated rings. The van der Waals surface area contributed by atoms with Crippen molar-refractivity contribution in [2.24, 2.45) is 0 Å². The average molecular weight is 389 g/mol. The summed E-state index contributed by atoms with van der Waals surface area (Å²) in [5.74, 6) is 0.736. The lowest BCUT2D eigenvalue weighted by Crippen LogP contribution is -2.40. The van der Waals surface area contributed by atoms with Crippen LogP contribution in [0.15, 0.2) is 59.4 Å². The number of carbonyl (C=O) groups excluding carboxylic acids is 1. The second kappa shape index (κ2) is 9.03. The van der Waals surface area contributed by atoms with E-state index in [1.165, 1.54) is 18.4 Å². The first-order chi connectivity index (χ1) is 14.2. The molecule has 0 aliphatic heterocycles. The average Bonchev–Trinajstić information content (AvgIpc) is 3.28. The molecule has 1 aromatic heterocycles. The molecular formula is C24H27N3O2. The van der Waals surface area contributed by atoms with Gasteiger partial charge in [-0.25, -0.2) is 4.98 Å². The number of hydrogen-bond donors (Lipinski definition) is 1. The third-order valence-corrected chi connectivity index (χ3v) is 5.81. The number of fused-ring (bicyclic) bond motifs is 1. The minimum atomic E-state index is -0.144. The van der Waals surface area contributed by atoms with E-state index < -0.39 is 0 Å². The highest BCUT2D eigenvalue weighted by Gasteiger charge is 2.26. The molecule has 1 amide bonds. The van der Waals surface area contributed by atoms with Crippen molar-refractivity contribution in [2.75, 3.05) is 6.54 Å². The van der Waals surface area contributed by atoms with Crippen molar-refractivity contribution < 1.29 is 4.79 Å². The van der Waals surface area contributed by atoms with Gasteiger partial charge in [0, 0.05) is 25.4 Å². The maximum absolute atomic E-state index is 13.1. The lowest BCUT2D eigenvalue weighted by Gasteiger charge is -2.29. The molecule has 0 radical (unpaired) electrons. The molecule has 1 saturated carbocycles. The first kappa shape index (κ1) is 19.4. The molecule has 0 saturated heterocycles. The number of hydrogen-bond acceptors (Lipinski definition) is 3. The van der Waals surface area contributed by atoms with E-state index in [0.717, 1.165) is 25.8 Å². The molecule has 3 aromatic rings. The lowest BCUT2D eigenvalue weighted by molar-refractivity contribution is -0.133. The largest absolute Gasteiger partial charge is 0.339 e. The zero-order valence-electron chi connectivity index (χ0n) is 16.6. The standard InChI is InChI=1S/C24H27N3O2/c28-23(15-14-22-25-21-13-7-6-12-20(21)24(29)26-22)27(19-10-4-5-11-19)17-16-18-8-2-1-3-9-18/h1-3,6-9,12-13,19H,4-5,10-11,14-17H2,(H,25,26,29). The van der Waals surface area contributed by atoms with Crippen LogP contribution in [0.5, 0.6) is 0 Å². The number of aromatic nitrogens is 2. The summed E-state index contributed by atoms with van der Waals surface area (Å²) in [5, 5.41) is 0.581. The van der Waals surface area contributed by atoms with Gasteiger partial charge in [-0.15, -0.1) is 0 Å². The fourth-order valence-electron chi connectivity index (χ4n) is 4.24. The van der Waals surface area contributed by atoms with E-state index in [9.17, 15) is 9.59 Å². The highest BCUT2D eigenvalue weighted by molar-refractivity contribution is 5.78. The van der Waals surface area contributed by atoms with E-state index in [-0.39, 0.29) is 11.5 Å². The van der Waals surface area contributed by atoms with Gasteiger partial charge in [-0.2, -0.15) is 0 Å². The van der Waals surface area contributed by atoms with Gasteiger partial charge in [0.05, 0.1) is 10.9 Å². The molecule has 29 heavy (non-hydrogen) atoms. The SMILES string of the molecule is O=C(CCc1nc2ccccc2c(=O)[nH]1)N(CCc1ccccc1)C1CCCC1. The number of para-hydroxylation sites is 1. The molecule has 2 aromatic carbocycles. The third kappa shape index (κ3) is 4.73. The van der Waals surface area contributed by atoms with Crippen LogP contribution in [0.2, 0.25) is 0 Å². The van der Waals surface area contributed by atoms with E-state index >= 15 is 0 Å². The molecule has 0 atom stereocenters. The molecule has 1 N–H and O–H groups in total. The minimum Gasteiger partial charge on any atom is -0.339 e. The number of nitrogens with one attached hydrogen (secondary N) is 1. The van der Waals surface area contributed by atoms with Crippen molar-refractivity contribution in [1.82, 2.24) is 14.9 Å². The maximum Gasteiger partial charge on any atom is 0.258 e. The van der Waals surface area contributed by atoms with Gasteiger partial charge >= 0.3 is 0 Å². The number of H-pyrrole nitrogens is 1. The molecule has 1 heterocycles. The number of rotatable bonds is 7. The van der Waals surface area contributed by atoms with Crippen molar-refractivity contribution in [3.8, 4) is 0 Å². The van der Waals surface area contributed by atoms with Crippen LogP contribution in [0.3, 0.4) is 0 Å². The summed E-state index contributed by atoms with van der Waals surface area (Å²) >= 11 is 0. The van der Waals surface area contributed by atoms with E-state index in [0.29, 0.717) is 35.6 Å². The Morgan fingerprint density at radius 3 is 2.52 bits per heavy atom. The fourth-order valence-corrected chi connectivity index (χ4v) is 4.24. The smallest absolute Gasteiger partial charge is 0.258 e. The fraction of sp³-hybridized carbons (Fsp3) is 0.375. The van der Waals surface area contributed by atoms with Crippen molar-refractivity contribution in [3.05, 3.63) is 76.3 Å². The Kier molecular flexibility index (Phi) is 6.03. The monoisotopic (exact) mass is 389 g/mol. The Bertz CT molecular complexity index is 1020. The predicted molar refractivity (Wildman–Crippen MR) is 115 cm³/mol. The number of amides is 1. The van der Waals surface area contributed by atoms with Crippen LogP contribution < -0.4 is 5.56 Å². The van der Waals surface area contributed by atoms with Crippen LogP contribution in [0.1, 0.15) is 43.5 Å². The number of aryl methyl sites for hydroxylation is 1. The molecule has 1 aliphatic carbocycles. The van der Waals surface area contributed by atoms with Crippen LogP contribution in [-0.2, 0) is 17.6 Å². The number of nitrogens with zero attached hydrogens (tertiary/aromatic N) is 2. The van der Waals surface area contributed by atoms with Crippen molar-refractivity contribution >= 4 is 16.8 Å². The van der Waals surface area contributed by atoms with Crippen molar-refractivity contribution in [3.63, 3.8) is 0 Å². The summed E-state index contributed by atoms with van der Waals surface area (Å²) in [5.41, 5.74) is 1.79. The Morgan fingerprint density at radius 2 is 1.72 bits per heavy atom. The van der Waals surface area contributed by atoms with Gasteiger partial charge in [-0.3, -0.25) is 9.59 Å². The van der Waals surface area contributed by atoms with Gasteiger partial charge in [-0.05, 0) is 37.0 Å². The van der Waals surface area contributed by atoms with Crippen LogP contribution in [-0.4, -0.2) is 33.4 Å². The molecule has 1 aliphatic rings. The summed E-state index contributed by atoms with van der Waals surface area (Å²) < 4.78 is 0. The van der Waals surface area contributed by atoms with E-state index in [2.05, 4.69) is 27.0 Å². The molecule has 150 valence electrons. The summed E-state index contributed by atoms with van der Waals surface area (Å²) in [7, 11) is 0. The van der Waals surface area contributed by atoms with Gasteiger partial charge < -0.3 is 9.88 Å². The van der Waals surface area contributed by atoms with Crippen LogP contribution in [0, 0.1) is 0 Å². The summed E-state index contributed by atoms with van der Waals surface area (Å²) in [6, 6.07) is 18.0. The lowest BCUT2D eigenvalue weighted by atomic mass is 10.1. The van der Waals surface area contributed by atoms with E-state index in [4.69, 9.17) is 0 Å². The highest BCUT2D eigenvalue weighted by Crippen LogP contribution is 2.24. The number of benzene rings is 2. The molecule has 5 heteroatoms. The van der Waals surface area contributed by atoms with Gasteiger partial charge in [0.15, 0.2) is 0 Å². The zero-order chi connectivity index (χ0) is 20.1. The molecule has 4 rings (SSSR count). The van der Waals surface area contributed by atoms with E-state index in [1.54, 1.807) is 6.07 Å². The Hall–Kier alpha value is -2.95. The second-order valence-electron chi connectivity index (χ2n) is 7.79. The normalized spacial score (nSPS) is 14.3. The molecule has 0 bridgehead atoms. The zero-order valence-corrected chi connectivity index (χ0v) is 16.6. The van der Waals surface area contributed by atoms with Gasteiger partial charge in [0.2, 0.25) is 5.91 Å². The van der Waals surface area contributed by atoms with Crippen LogP contribution >= 0.6 is 0 Å². The summed E-state index contributed by atoms with van der Waals surface area (Å²) in [4.78, 5) is 34.8. The van der Waals surface area contributed by atoms with Gasteiger partial charge in [-0.1, -0.05) is 55.3 Å². The molecule has 0 spiro atoms. The Labute approximate surface area is 170 Å². The summed E-state index contributed by atoms with van der Waals surface area (Å²) in [6.07, 6.45) is 6.25. The van der Waals surface area contributed by atoms with Crippen LogP contribution in [0.4, 0.5) is 0 Å². The molecule has 0 unspecified atom stereocenters. The first-order valence-electron chi connectivity index (χ1n) is 10.5. The second-order valence-corrected chi connectivity index (χ2v) is 7.79.